The molecule has 0 atom stereocenters. The Balaban J connectivity index is 2.41. The van der Waals surface area contributed by atoms with Gasteiger partial charge in [-0.25, -0.2) is 9.69 Å². The molecule has 0 unspecified atom stereocenters. The molecule has 1 amide bonds. The Morgan fingerprint density at radius 1 is 1.30 bits per heavy atom. The maximum absolute atomic E-state index is 12.6. The monoisotopic (exact) mass is 351 g/mol. The van der Waals surface area contributed by atoms with Crippen molar-refractivity contribution in [2.24, 2.45) is 0 Å². The zero-order chi connectivity index (χ0) is 17.2. The first-order valence-corrected chi connectivity index (χ1v) is 8.58. The third kappa shape index (κ3) is 4.62. The number of benzene rings is 1. The minimum Gasteiger partial charge on any atom is -0.443 e. The van der Waals surface area contributed by atoms with Crippen LogP contribution >= 0.6 is 23.6 Å². The van der Waals surface area contributed by atoms with Crippen molar-refractivity contribution < 1.29 is 9.53 Å². The van der Waals surface area contributed by atoms with E-state index >= 15 is 0 Å². The predicted octanol–water partition coefficient (Wildman–Crippen LogP) is 5.40. The SMILES string of the molecule is CC(C)c1ccc(N(C(=O)OC(C)(C)C)c2n[nH]c(=S)s2)cc1. The summed E-state index contributed by atoms with van der Waals surface area (Å²) in [7, 11) is 0. The standard InChI is InChI=1S/C16H21N3O2S2/c1-10(2)11-6-8-12(9-7-11)19(13-17-18-14(22)23-13)15(20)21-16(3,4)5/h6-10H,1-5H3,(H,18,22). The van der Waals surface area contributed by atoms with Crippen LogP contribution in [0.3, 0.4) is 0 Å². The van der Waals surface area contributed by atoms with Crippen LogP contribution in [0.4, 0.5) is 15.6 Å². The molecular weight excluding hydrogens is 330 g/mol. The maximum atomic E-state index is 12.6. The summed E-state index contributed by atoms with van der Waals surface area (Å²) in [5, 5.41) is 7.28. The fraction of sp³-hybridized carbons (Fsp3) is 0.438. The van der Waals surface area contributed by atoms with Crippen molar-refractivity contribution in [1.82, 2.24) is 10.2 Å². The van der Waals surface area contributed by atoms with Gasteiger partial charge in [0.05, 0.1) is 5.69 Å². The summed E-state index contributed by atoms with van der Waals surface area (Å²) in [4.78, 5) is 14.0. The Kier molecular flexibility index (Phi) is 5.21. The van der Waals surface area contributed by atoms with Gasteiger partial charge in [0.25, 0.3) is 0 Å². The molecule has 0 saturated heterocycles. The van der Waals surface area contributed by atoms with E-state index in [1.54, 1.807) is 0 Å². The van der Waals surface area contributed by atoms with Crippen molar-refractivity contribution in [3.05, 3.63) is 33.8 Å². The van der Waals surface area contributed by atoms with Crippen LogP contribution in [0.25, 0.3) is 0 Å². The molecule has 0 aliphatic rings. The van der Waals surface area contributed by atoms with Crippen LogP contribution in [0.15, 0.2) is 24.3 Å². The molecule has 0 spiro atoms. The molecule has 1 aromatic carbocycles. The second-order valence-electron chi connectivity index (χ2n) is 6.46. The molecule has 1 aromatic heterocycles. The quantitative estimate of drug-likeness (QED) is 0.752. The summed E-state index contributed by atoms with van der Waals surface area (Å²) in [6, 6.07) is 7.79. The molecule has 0 bridgehead atoms. The van der Waals surface area contributed by atoms with Crippen molar-refractivity contribution in [2.45, 2.75) is 46.1 Å². The first-order chi connectivity index (χ1) is 10.7. The summed E-state index contributed by atoms with van der Waals surface area (Å²) >= 11 is 6.30. The molecule has 1 N–H and O–H groups in total. The molecule has 124 valence electrons. The number of hydrogen-bond donors (Lipinski definition) is 1. The molecule has 0 fully saturated rings. The van der Waals surface area contributed by atoms with Crippen molar-refractivity contribution in [3.8, 4) is 0 Å². The molecule has 0 saturated carbocycles. The first-order valence-electron chi connectivity index (χ1n) is 7.36. The van der Waals surface area contributed by atoms with Crippen LogP contribution in [0.2, 0.25) is 0 Å². The van der Waals surface area contributed by atoms with Gasteiger partial charge in [-0.2, -0.15) is 0 Å². The minimum atomic E-state index is -0.592. The number of ether oxygens (including phenoxy) is 1. The number of rotatable bonds is 3. The normalized spacial score (nSPS) is 11.6. The second-order valence-corrected chi connectivity index (χ2v) is 8.10. The van der Waals surface area contributed by atoms with Crippen LogP contribution in [0.1, 0.15) is 46.1 Å². The lowest BCUT2D eigenvalue weighted by Crippen LogP contribution is -2.33. The van der Waals surface area contributed by atoms with Crippen LogP contribution in [0, 0.1) is 3.95 Å². The number of nitrogens with one attached hydrogen (secondary N) is 1. The second kappa shape index (κ2) is 6.80. The topological polar surface area (TPSA) is 58.2 Å². The van der Waals surface area contributed by atoms with Crippen molar-refractivity contribution >= 4 is 40.5 Å². The lowest BCUT2D eigenvalue weighted by atomic mass is 10.0. The van der Waals surface area contributed by atoms with E-state index in [9.17, 15) is 4.79 Å². The fourth-order valence-electron chi connectivity index (χ4n) is 1.93. The molecule has 1 heterocycles. The zero-order valence-electron chi connectivity index (χ0n) is 13.9. The molecule has 5 nitrogen and oxygen atoms in total. The Bertz CT molecular complexity index is 727. The summed E-state index contributed by atoms with van der Waals surface area (Å²) in [6.07, 6.45) is -0.479. The van der Waals surface area contributed by atoms with Gasteiger partial charge in [-0.15, -0.1) is 5.10 Å². The molecule has 0 radical (unpaired) electrons. The van der Waals surface area contributed by atoms with E-state index in [-0.39, 0.29) is 0 Å². The van der Waals surface area contributed by atoms with E-state index < -0.39 is 11.7 Å². The van der Waals surface area contributed by atoms with Crippen molar-refractivity contribution in [1.29, 1.82) is 0 Å². The lowest BCUT2D eigenvalue weighted by Gasteiger charge is -2.25. The molecule has 0 aliphatic heterocycles. The number of carbonyl (C=O) groups excluding carboxylic acids is 1. The third-order valence-electron chi connectivity index (χ3n) is 3.01. The molecule has 2 rings (SSSR count). The van der Waals surface area contributed by atoms with Gasteiger partial charge in [-0.1, -0.05) is 37.3 Å². The Morgan fingerprint density at radius 2 is 1.91 bits per heavy atom. The number of carbonyl (C=O) groups is 1. The highest BCUT2D eigenvalue weighted by Crippen LogP contribution is 2.30. The lowest BCUT2D eigenvalue weighted by molar-refractivity contribution is 0.0599. The molecule has 23 heavy (non-hydrogen) atoms. The highest BCUT2D eigenvalue weighted by Gasteiger charge is 2.27. The smallest absolute Gasteiger partial charge is 0.421 e. The van der Waals surface area contributed by atoms with E-state index in [1.807, 2.05) is 45.0 Å². The van der Waals surface area contributed by atoms with Gasteiger partial charge in [0.15, 0.2) is 3.95 Å². The van der Waals surface area contributed by atoms with Gasteiger partial charge < -0.3 is 4.74 Å². The molecule has 2 aromatic rings. The largest absolute Gasteiger partial charge is 0.443 e. The summed E-state index contributed by atoms with van der Waals surface area (Å²) in [5.41, 5.74) is 1.30. The van der Waals surface area contributed by atoms with Crippen LogP contribution < -0.4 is 4.90 Å². The van der Waals surface area contributed by atoms with E-state index in [0.717, 1.165) is 0 Å². The number of anilines is 2. The summed E-state index contributed by atoms with van der Waals surface area (Å²) < 4.78 is 6.01. The number of H-pyrrole nitrogens is 1. The maximum Gasteiger partial charge on any atom is 0.421 e. The fourth-order valence-corrected chi connectivity index (χ4v) is 2.82. The van der Waals surface area contributed by atoms with Gasteiger partial charge in [0.1, 0.15) is 5.60 Å². The van der Waals surface area contributed by atoms with Gasteiger partial charge in [-0.3, -0.25) is 5.10 Å². The highest BCUT2D eigenvalue weighted by atomic mass is 32.1. The van der Waals surface area contributed by atoms with Gasteiger partial charge in [-0.05, 0) is 56.6 Å². The van der Waals surface area contributed by atoms with Crippen molar-refractivity contribution in [2.75, 3.05) is 4.90 Å². The van der Waals surface area contributed by atoms with Crippen LogP contribution in [-0.2, 0) is 4.74 Å². The molecular formula is C16H21N3O2S2. The Hall–Kier alpha value is -1.73. The van der Waals surface area contributed by atoms with Gasteiger partial charge in [0.2, 0.25) is 5.13 Å². The average molecular weight is 351 g/mol. The van der Waals surface area contributed by atoms with Gasteiger partial charge in [0, 0.05) is 0 Å². The highest BCUT2D eigenvalue weighted by molar-refractivity contribution is 7.73. The molecule has 0 aliphatic carbocycles. The Labute approximate surface area is 145 Å². The van der Waals surface area contributed by atoms with Crippen LogP contribution in [-0.4, -0.2) is 21.9 Å². The number of aromatic amines is 1. The van der Waals surface area contributed by atoms with Crippen LogP contribution in [0.5, 0.6) is 0 Å². The van der Waals surface area contributed by atoms with E-state index in [0.29, 0.717) is 20.7 Å². The third-order valence-corrected chi connectivity index (χ3v) is 4.09. The van der Waals surface area contributed by atoms with Gasteiger partial charge >= 0.3 is 6.09 Å². The summed E-state index contributed by atoms with van der Waals surface area (Å²) in [6.45, 7) is 9.74. The number of hydrogen-bond acceptors (Lipinski definition) is 5. The number of aromatic nitrogens is 2. The zero-order valence-corrected chi connectivity index (χ0v) is 15.5. The van der Waals surface area contributed by atoms with E-state index in [4.69, 9.17) is 17.0 Å². The number of nitrogens with zero attached hydrogens (tertiary/aromatic N) is 2. The predicted molar refractivity (Wildman–Crippen MR) is 96.2 cm³/mol. The van der Waals surface area contributed by atoms with E-state index in [2.05, 4.69) is 24.0 Å². The van der Waals surface area contributed by atoms with E-state index in [1.165, 1.54) is 21.8 Å². The first kappa shape index (κ1) is 17.6. The van der Waals surface area contributed by atoms with Crippen molar-refractivity contribution in [3.63, 3.8) is 0 Å². The number of amides is 1. The summed E-state index contributed by atoms with van der Waals surface area (Å²) in [5.74, 6) is 0.423. The Morgan fingerprint density at radius 3 is 2.35 bits per heavy atom. The average Bonchev–Trinajstić information content (AvgIpc) is 2.84. The minimum absolute atomic E-state index is 0.423. The molecule has 7 heteroatoms.